The minimum atomic E-state index is -0.671. The van der Waals surface area contributed by atoms with Crippen LogP contribution in [-0.2, 0) is 4.79 Å². The summed E-state index contributed by atoms with van der Waals surface area (Å²) in [6, 6.07) is -0.550. The average molecular weight is 782 g/mol. The van der Waals surface area contributed by atoms with Crippen molar-refractivity contribution in [3.63, 3.8) is 0 Å². The zero-order valence-corrected chi connectivity index (χ0v) is 37.4. The number of aliphatic hydroxyl groups excluding tert-OH is 2. The molecule has 0 aliphatic rings. The van der Waals surface area contributed by atoms with Crippen LogP contribution in [0.1, 0.15) is 245 Å². The van der Waals surface area contributed by atoms with Gasteiger partial charge >= 0.3 is 0 Å². The quantitative estimate of drug-likeness (QED) is 0.0426. The van der Waals surface area contributed by atoms with Crippen molar-refractivity contribution in [3.05, 3.63) is 60.8 Å². The van der Waals surface area contributed by atoms with Crippen LogP contribution in [0.5, 0.6) is 0 Å². The second kappa shape index (κ2) is 47.5. The second-order valence-electron chi connectivity index (χ2n) is 16.5. The molecular formula is C52H95NO3. The van der Waals surface area contributed by atoms with Crippen molar-refractivity contribution in [1.82, 2.24) is 5.32 Å². The minimum Gasteiger partial charge on any atom is -0.394 e. The number of nitrogens with one attached hydrogen (secondary N) is 1. The Morgan fingerprint density at radius 2 is 0.786 bits per heavy atom. The topological polar surface area (TPSA) is 69.6 Å². The second-order valence-corrected chi connectivity index (χ2v) is 16.5. The fraction of sp³-hybridized carbons (Fsp3) is 0.788. The maximum atomic E-state index is 12.4. The minimum absolute atomic E-state index is 0.0498. The van der Waals surface area contributed by atoms with Gasteiger partial charge in [0.2, 0.25) is 5.91 Å². The van der Waals surface area contributed by atoms with E-state index in [9.17, 15) is 15.0 Å². The van der Waals surface area contributed by atoms with Gasteiger partial charge in [-0.25, -0.2) is 0 Å². The van der Waals surface area contributed by atoms with E-state index >= 15 is 0 Å². The molecule has 0 aromatic carbocycles. The highest BCUT2D eigenvalue weighted by Crippen LogP contribution is 2.16. The first-order valence-corrected chi connectivity index (χ1v) is 24.5. The number of rotatable bonds is 44. The molecule has 0 rings (SSSR count). The van der Waals surface area contributed by atoms with Crippen LogP contribution in [0.3, 0.4) is 0 Å². The Bertz CT molecular complexity index is 934. The van der Waals surface area contributed by atoms with Crippen LogP contribution < -0.4 is 5.32 Å². The Morgan fingerprint density at radius 1 is 0.446 bits per heavy atom. The van der Waals surface area contributed by atoms with Crippen LogP contribution >= 0.6 is 0 Å². The number of aliphatic hydroxyl groups is 2. The molecule has 0 heterocycles. The highest BCUT2D eigenvalue weighted by molar-refractivity contribution is 5.76. The molecule has 0 saturated heterocycles. The number of carbonyl (C=O) groups excluding carboxylic acids is 1. The van der Waals surface area contributed by atoms with Gasteiger partial charge in [-0.15, -0.1) is 0 Å². The van der Waals surface area contributed by atoms with Gasteiger partial charge in [-0.3, -0.25) is 4.79 Å². The van der Waals surface area contributed by atoms with Crippen molar-refractivity contribution in [2.75, 3.05) is 6.61 Å². The molecule has 3 N–H and O–H groups in total. The van der Waals surface area contributed by atoms with Gasteiger partial charge in [0.25, 0.3) is 0 Å². The third-order valence-electron chi connectivity index (χ3n) is 11.0. The summed E-state index contributed by atoms with van der Waals surface area (Å²) in [5.74, 6) is -0.0498. The monoisotopic (exact) mass is 782 g/mol. The fourth-order valence-corrected chi connectivity index (χ4v) is 7.33. The lowest BCUT2D eigenvalue weighted by atomic mass is 10.0. The number of allylic oxidation sites excluding steroid dienone is 10. The lowest BCUT2D eigenvalue weighted by Gasteiger charge is -2.22. The molecule has 0 aromatic heterocycles. The van der Waals surface area contributed by atoms with E-state index in [0.717, 1.165) is 70.6 Å². The van der Waals surface area contributed by atoms with Crippen LogP contribution in [0.2, 0.25) is 0 Å². The van der Waals surface area contributed by atoms with E-state index in [1.807, 2.05) is 0 Å². The van der Waals surface area contributed by atoms with Gasteiger partial charge in [0.15, 0.2) is 0 Å². The molecule has 0 aromatic rings. The first-order chi connectivity index (χ1) is 27.7. The molecule has 0 aliphatic heterocycles. The molecule has 0 spiro atoms. The molecule has 56 heavy (non-hydrogen) atoms. The van der Waals surface area contributed by atoms with Gasteiger partial charge in [-0.2, -0.15) is 0 Å². The Morgan fingerprint density at radius 3 is 1.18 bits per heavy atom. The zero-order valence-electron chi connectivity index (χ0n) is 37.4. The predicted molar refractivity (Wildman–Crippen MR) is 248 cm³/mol. The number of amides is 1. The van der Waals surface area contributed by atoms with Gasteiger partial charge in [-0.1, -0.05) is 242 Å². The average Bonchev–Trinajstić information content (AvgIpc) is 3.20. The van der Waals surface area contributed by atoms with Crippen molar-refractivity contribution >= 4 is 5.91 Å². The molecular weight excluding hydrogens is 687 g/mol. The lowest BCUT2D eigenvalue weighted by molar-refractivity contribution is -0.123. The van der Waals surface area contributed by atoms with Crippen LogP contribution in [0.4, 0.5) is 0 Å². The molecule has 326 valence electrons. The standard InChI is InChI=1S/C52H95NO3/c1-3-5-7-9-11-13-15-17-19-21-23-25-26-28-29-31-33-35-37-39-41-43-45-47-51(55)50(49-54)53-52(56)48-46-44-42-40-38-36-34-32-30-27-24-22-20-18-16-14-12-10-8-6-4-2/h6,8,12,14,18,20,24,27,32,34,50-51,54-55H,3-5,7,9-11,13,15-17,19,21-23,25-26,28-31,33,35-49H2,1-2H3,(H,53,56)/b8-6-,14-12-,20-18-,27-24-,34-32-. The number of unbranched alkanes of at least 4 members (excludes halogenated alkanes) is 27. The lowest BCUT2D eigenvalue weighted by Crippen LogP contribution is -2.45. The molecule has 1 amide bonds. The summed E-state index contributed by atoms with van der Waals surface area (Å²) in [5, 5.41) is 23.3. The maximum Gasteiger partial charge on any atom is 0.220 e. The Labute approximate surface area is 349 Å². The van der Waals surface area contributed by atoms with E-state index < -0.39 is 12.1 Å². The molecule has 0 bridgehead atoms. The van der Waals surface area contributed by atoms with E-state index in [-0.39, 0.29) is 12.5 Å². The van der Waals surface area contributed by atoms with Crippen LogP contribution in [0.15, 0.2) is 60.8 Å². The van der Waals surface area contributed by atoms with Crippen LogP contribution in [0, 0.1) is 0 Å². The molecule has 4 nitrogen and oxygen atoms in total. The van der Waals surface area contributed by atoms with Crippen molar-refractivity contribution in [2.45, 2.75) is 257 Å². The van der Waals surface area contributed by atoms with Gasteiger partial charge in [0.05, 0.1) is 18.8 Å². The summed E-state index contributed by atoms with van der Waals surface area (Å²) >= 11 is 0. The molecule has 4 heteroatoms. The predicted octanol–water partition coefficient (Wildman–Crippen LogP) is 15.7. The Balaban J connectivity index is 3.54. The number of carbonyl (C=O) groups is 1. The third kappa shape index (κ3) is 43.2. The van der Waals surface area contributed by atoms with E-state index in [0.29, 0.717) is 12.8 Å². The van der Waals surface area contributed by atoms with Crippen molar-refractivity contribution in [2.24, 2.45) is 0 Å². The highest BCUT2D eigenvalue weighted by Gasteiger charge is 2.20. The van der Waals surface area contributed by atoms with Gasteiger partial charge < -0.3 is 15.5 Å². The first kappa shape index (κ1) is 54.1. The van der Waals surface area contributed by atoms with E-state index in [1.54, 1.807) is 0 Å². The number of hydrogen-bond acceptors (Lipinski definition) is 3. The molecule has 0 aliphatic carbocycles. The van der Waals surface area contributed by atoms with E-state index in [1.165, 1.54) is 148 Å². The van der Waals surface area contributed by atoms with E-state index in [4.69, 9.17) is 0 Å². The maximum absolute atomic E-state index is 12.4. The van der Waals surface area contributed by atoms with Crippen LogP contribution in [0.25, 0.3) is 0 Å². The van der Waals surface area contributed by atoms with Crippen molar-refractivity contribution in [1.29, 1.82) is 0 Å². The first-order valence-electron chi connectivity index (χ1n) is 24.5. The third-order valence-corrected chi connectivity index (χ3v) is 11.0. The molecule has 0 radical (unpaired) electrons. The molecule has 0 fully saturated rings. The van der Waals surface area contributed by atoms with E-state index in [2.05, 4.69) is 79.9 Å². The summed E-state index contributed by atoms with van der Waals surface area (Å²) in [4.78, 5) is 12.4. The van der Waals surface area contributed by atoms with Gasteiger partial charge in [0.1, 0.15) is 0 Å². The van der Waals surface area contributed by atoms with Gasteiger partial charge in [-0.05, 0) is 57.8 Å². The smallest absolute Gasteiger partial charge is 0.220 e. The Hall–Kier alpha value is -1.91. The zero-order chi connectivity index (χ0) is 40.7. The van der Waals surface area contributed by atoms with Gasteiger partial charge in [0, 0.05) is 6.42 Å². The van der Waals surface area contributed by atoms with Crippen molar-refractivity contribution in [3.8, 4) is 0 Å². The summed E-state index contributed by atoms with van der Waals surface area (Å²) in [5.41, 5.74) is 0. The van der Waals surface area contributed by atoms with Crippen LogP contribution in [-0.4, -0.2) is 34.9 Å². The molecule has 2 unspecified atom stereocenters. The molecule has 0 saturated carbocycles. The largest absolute Gasteiger partial charge is 0.394 e. The highest BCUT2D eigenvalue weighted by atomic mass is 16.3. The summed E-state index contributed by atoms with van der Waals surface area (Å²) in [7, 11) is 0. The SMILES string of the molecule is CC/C=C\C/C=C\C/C=C\C/C=C\C/C=C\CCCCCCCC(=O)NC(CO)C(O)CCCCCCCCCCCCCCCCCCCCCCCCC. The normalized spacial score (nSPS) is 13.4. The number of hydrogen-bond donors (Lipinski definition) is 3. The molecule has 2 atom stereocenters. The Kier molecular flexibility index (Phi) is 45.8. The fourth-order valence-electron chi connectivity index (χ4n) is 7.33. The summed E-state index contributed by atoms with van der Waals surface area (Å²) in [6.07, 6.45) is 66.0. The summed E-state index contributed by atoms with van der Waals surface area (Å²) < 4.78 is 0. The summed E-state index contributed by atoms with van der Waals surface area (Å²) in [6.45, 7) is 4.25. The van der Waals surface area contributed by atoms with Crippen molar-refractivity contribution < 1.29 is 15.0 Å².